The first-order chi connectivity index (χ1) is 11.1. The van der Waals surface area contributed by atoms with Crippen molar-refractivity contribution in [3.63, 3.8) is 0 Å². The maximum Gasteiger partial charge on any atom is 0.267 e. The molecule has 4 nitrogen and oxygen atoms in total. The maximum absolute atomic E-state index is 12.5. The summed E-state index contributed by atoms with van der Waals surface area (Å²) in [7, 11) is 1.89. The van der Waals surface area contributed by atoms with Gasteiger partial charge in [-0.15, -0.1) is 0 Å². The van der Waals surface area contributed by atoms with Crippen LogP contribution in [0, 0.1) is 11.3 Å². The van der Waals surface area contributed by atoms with Crippen molar-refractivity contribution in [3.8, 4) is 6.07 Å². The number of hydrogen-bond acceptors (Lipinski definition) is 3. The lowest BCUT2D eigenvalue weighted by molar-refractivity contribution is -0.112. The summed E-state index contributed by atoms with van der Waals surface area (Å²) in [4.78, 5) is 14.4. The molecule has 0 unspecified atom stereocenters. The molecule has 124 valence electrons. The molecule has 0 aliphatic carbocycles. The molecule has 0 aliphatic rings. The minimum Gasteiger partial charge on any atom is -0.379 e. The smallest absolute Gasteiger partial charge is 0.267 e. The largest absolute Gasteiger partial charge is 0.379 e. The molecule has 1 aromatic rings. The van der Waals surface area contributed by atoms with Crippen LogP contribution >= 0.6 is 0 Å². The summed E-state index contributed by atoms with van der Waals surface area (Å²) in [6.07, 6.45) is 5.42. The highest BCUT2D eigenvalue weighted by atomic mass is 16.1. The molecule has 0 saturated carbocycles. The van der Waals surface area contributed by atoms with Gasteiger partial charge in [-0.05, 0) is 30.4 Å². The molecule has 1 N–H and O–H groups in total. The molecule has 0 radical (unpaired) electrons. The first-order valence-electron chi connectivity index (χ1n) is 8.31. The van der Waals surface area contributed by atoms with Gasteiger partial charge in [-0.1, -0.05) is 45.4 Å². The second kappa shape index (κ2) is 9.68. The number of rotatable bonds is 8. The second-order valence-electron chi connectivity index (χ2n) is 5.60. The van der Waals surface area contributed by atoms with Crippen LogP contribution in [0.5, 0.6) is 0 Å². The molecule has 1 aromatic carbocycles. The van der Waals surface area contributed by atoms with E-state index in [-0.39, 0.29) is 11.5 Å². The Labute approximate surface area is 139 Å². The van der Waals surface area contributed by atoms with Crippen molar-refractivity contribution in [2.75, 3.05) is 18.9 Å². The van der Waals surface area contributed by atoms with Gasteiger partial charge in [0.25, 0.3) is 5.91 Å². The van der Waals surface area contributed by atoms with E-state index in [2.05, 4.69) is 26.1 Å². The number of para-hydroxylation sites is 1. The number of carbonyl (C=O) groups excluding carboxylic acids is 1. The van der Waals surface area contributed by atoms with Crippen molar-refractivity contribution in [3.05, 3.63) is 41.1 Å². The van der Waals surface area contributed by atoms with Crippen LogP contribution in [-0.2, 0) is 17.6 Å². The van der Waals surface area contributed by atoms with Crippen molar-refractivity contribution >= 4 is 11.6 Å². The molecule has 1 rings (SSSR count). The van der Waals surface area contributed by atoms with Gasteiger partial charge >= 0.3 is 0 Å². The highest BCUT2D eigenvalue weighted by Gasteiger charge is 2.14. The van der Waals surface area contributed by atoms with E-state index in [1.165, 1.54) is 0 Å². The minimum absolute atomic E-state index is 0.136. The van der Waals surface area contributed by atoms with E-state index < -0.39 is 0 Å². The Hall–Kier alpha value is -2.28. The first-order valence-corrected chi connectivity index (χ1v) is 8.31. The zero-order chi connectivity index (χ0) is 17.2. The van der Waals surface area contributed by atoms with E-state index in [0.29, 0.717) is 0 Å². The first kappa shape index (κ1) is 18.8. The zero-order valence-corrected chi connectivity index (χ0v) is 14.6. The summed E-state index contributed by atoms with van der Waals surface area (Å²) < 4.78 is 0. The minimum atomic E-state index is -0.341. The third kappa shape index (κ3) is 5.45. The topological polar surface area (TPSA) is 56.1 Å². The predicted octanol–water partition coefficient (Wildman–Crippen LogP) is 3.89. The summed E-state index contributed by atoms with van der Waals surface area (Å²) in [5, 5.41) is 12.2. The number of aryl methyl sites for hydroxylation is 2. The molecule has 0 atom stereocenters. The predicted molar refractivity (Wildman–Crippen MR) is 95.1 cm³/mol. The van der Waals surface area contributed by atoms with Crippen LogP contribution in [-0.4, -0.2) is 24.4 Å². The molecule has 0 heterocycles. The van der Waals surface area contributed by atoms with Crippen molar-refractivity contribution in [1.29, 1.82) is 5.26 Å². The van der Waals surface area contributed by atoms with E-state index in [1.807, 2.05) is 36.2 Å². The van der Waals surface area contributed by atoms with Gasteiger partial charge in [0.1, 0.15) is 11.6 Å². The number of carbonyl (C=O) groups is 1. The maximum atomic E-state index is 12.5. The molecular formula is C19H27N3O. The van der Waals surface area contributed by atoms with Crippen LogP contribution in [0.2, 0.25) is 0 Å². The average molecular weight is 313 g/mol. The molecular weight excluding hydrogens is 286 g/mol. The number of nitrogens with one attached hydrogen (secondary N) is 1. The van der Waals surface area contributed by atoms with E-state index in [0.717, 1.165) is 49.0 Å². The molecule has 0 saturated heterocycles. The molecule has 1 amide bonds. The van der Waals surface area contributed by atoms with Gasteiger partial charge in [0, 0.05) is 25.5 Å². The Bertz CT molecular complexity index is 577. The highest BCUT2D eigenvalue weighted by Crippen LogP contribution is 2.23. The van der Waals surface area contributed by atoms with Crippen molar-refractivity contribution < 1.29 is 4.79 Å². The fourth-order valence-corrected chi connectivity index (χ4v) is 2.41. The van der Waals surface area contributed by atoms with E-state index in [1.54, 1.807) is 6.20 Å². The van der Waals surface area contributed by atoms with Crippen LogP contribution in [0.4, 0.5) is 5.69 Å². The lowest BCUT2D eigenvalue weighted by atomic mass is 10.0. The second-order valence-corrected chi connectivity index (χ2v) is 5.60. The monoisotopic (exact) mass is 313 g/mol. The molecule has 23 heavy (non-hydrogen) atoms. The number of nitrogens with zero attached hydrogens (tertiary/aromatic N) is 2. The molecule has 0 fully saturated rings. The van der Waals surface area contributed by atoms with Gasteiger partial charge in [0.15, 0.2) is 0 Å². The zero-order valence-electron chi connectivity index (χ0n) is 14.6. The normalized spacial score (nSPS) is 11.0. The number of amides is 1. The van der Waals surface area contributed by atoms with Crippen molar-refractivity contribution in [2.45, 2.75) is 46.5 Å². The summed E-state index contributed by atoms with van der Waals surface area (Å²) in [5.74, 6) is -0.341. The third-order valence-electron chi connectivity index (χ3n) is 3.82. The molecule has 0 aliphatic heterocycles. The number of hydrogen-bond donors (Lipinski definition) is 1. The molecule has 0 aromatic heterocycles. The van der Waals surface area contributed by atoms with Gasteiger partial charge in [-0.25, -0.2) is 0 Å². The van der Waals surface area contributed by atoms with Crippen LogP contribution in [0.15, 0.2) is 30.0 Å². The van der Waals surface area contributed by atoms with E-state index in [9.17, 15) is 10.1 Å². The van der Waals surface area contributed by atoms with Crippen LogP contribution < -0.4 is 5.32 Å². The number of benzene rings is 1. The Kier molecular flexibility index (Phi) is 7.90. The lowest BCUT2D eigenvalue weighted by Crippen LogP contribution is -2.20. The molecule has 0 bridgehead atoms. The fraction of sp³-hybridized carbons (Fsp3) is 0.474. The number of unbranched alkanes of at least 4 members (excludes halogenated alkanes) is 1. The average Bonchev–Trinajstić information content (AvgIpc) is 2.57. The quantitative estimate of drug-likeness (QED) is 0.585. The van der Waals surface area contributed by atoms with Crippen molar-refractivity contribution in [1.82, 2.24) is 4.90 Å². The number of anilines is 1. The number of nitriles is 1. The summed E-state index contributed by atoms with van der Waals surface area (Å²) in [6.45, 7) is 7.07. The Morgan fingerprint density at radius 3 is 2.35 bits per heavy atom. The fourth-order valence-electron chi connectivity index (χ4n) is 2.41. The van der Waals surface area contributed by atoms with Crippen molar-refractivity contribution in [2.24, 2.45) is 0 Å². The highest BCUT2D eigenvalue weighted by molar-refractivity contribution is 6.07. The SMILES string of the molecule is CCCCN(C)/C=C(/C#N)C(=O)Nc1c(CC)cccc1CC. The van der Waals surface area contributed by atoms with E-state index in [4.69, 9.17) is 0 Å². The Balaban J connectivity index is 2.97. The third-order valence-corrected chi connectivity index (χ3v) is 3.82. The Morgan fingerprint density at radius 1 is 1.26 bits per heavy atom. The van der Waals surface area contributed by atoms with Gasteiger partial charge in [0.2, 0.25) is 0 Å². The van der Waals surface area contributed by atoms with Gasteiger partial charge in [0.05, 0.1) is 0 Å². The summed E-state index contributed by atoms with van der Waals surface area (Å²) >= 11 is 0. The molecule has 0 spiro atoms. The van der Waals surface area contributed by atoms with Crippen LogP contribution in [0.3, 0.4) is 0 Å². The lowest BCUT2D eigenvalue weighted by Gasteiger charge is -2.16. The van der Waals surface area contributed by atoms with Crippen LogP contribution in [0.1, 0.15) is 44.7 Å². The van der Waals surface area contributed by atoms with Gasteiger partial charge in [-0.3, -0.25) is 4.79 Å². The Morgan fingerprint density at radius 2 is 1.87 bits per heavy atom. The summed E-state index contributed by atoms with van der Waals surface area (Å²) in [5.41, 5.74) is 3.17. The van der Waals surface area contributed by atoms with Gasteiger partial charge < -0.3 is 10.2 Å². The molecule has 4 heteroatoms. The standard InChI is InChI=1S/C19H27N3O/c1-5-8-12-22(4)14-17(13-20)19(23)21-18-15(6-2)10-9-11-16(18)7-3/h9-11,14H,5-8,12H2,1-4H3,(H,21,23)/b17-14-. The summed E-state index contributed by atoms with van der Waals surface area (Å²) in [6, 6.07) is 8.04. The van der Waals surface area contributed by atoms with E-state index >= 15 is 0 Å². The van der Waals surface area contributed by atoms with Crippen LogP contribution in [0.25, 0.3) is 0 Å². The van der Waals surface area contributed by atoms with Gasteiger partial charge in [-0.2, -0.15) is 5.26 Å².